The van der Waals surface area contributed by atoms with E-state index in [2.05, 4.69) is 74.4 Å². The molecule has 1 aromatic carbocycles. The number of benzene rings is 1. The first-order chi connectivity index (χ1) is 8.24. The van der Waals surface area contributed by atoms with E-state index in [-0.39, 0.29) is 22.0 Å². The van der Waals surface area contributed by atoms with Crippen LogP contribution >= 0.6 is 0 Å². The summed E-state index contributed by atoms with van der Waals surface area (Å²) < 4.78 is 0. The zero-order chi connectivity index (χ0) is 15.2. The first-order valence-corrected chi connectivity index (χ1v) is 7.11. The van der Waals surface area contributed by atoms with Crippen LogP contribution in [0.25, 0.3) is 0 Å². The lowest BCUT2D eigenvalue weighted by molar-refractivity contribution is 0.326. The van der Waals surface area contributed by atoms with Crippen LogP contribution in [0.1, 0.15) is 79.0 Å². The Hall–Kier alpha value is -0.980. The Morgan fingerprint density at radius 1 is 0.632 bits per heavy atom. The van der Waals surface area contributed by atoms with E-state index in [1.165, 1.54) is 5.56 Å². The van der Waals surface area contributed by atoms with Crippen molar-refractivity contribution in [1.29, 1.82) is 0 Å². The molecule has 0 bridgehead atoms. The average Bonchev–Trinajstić information content (AvgIpc) is 2.11. The Morgan fingerprint density at radius 2 is 0.947 bits per heavy atom. The van der Waals surface area contributed by atoms with E-state index in [4.69, 9.17) is 0 Å². The summed E-state index contributed by atoms with van der Waals surface area (Å²) >= 11 is 0. The molecule has 0 heterocycles. The summed E-state index contributed by atoms with van der Waals surface area (Å²) in [5.74, 6) is 0.216. The molecule has 1 radical (unpaired) electrons. The van der Waals surface area contributed by atoms with Gasteiger partial charge in [0.25, 0.3) is 0 Å². The van der Waals surface area contributed by atoms with Gasteiger partial charge in [0.2, 0.25) is 0 Å². The molecule has 0 saturated carbocycles. The predicted octanol–water partition coefficient (Wildman–Crippen LogP) is 5.72. The van der Waals surface area contributed by atoms with Crippen molar-refractivity contribution < 1.29 is 5.11 Å². The maximum absolute atomic E-state index is 12.7. The molecule has 1 rings (SSSR count). The van der Waals surface area contributed by atoms with Gasteiger partial charge in [-0.15, -0.1) is 0 Å². The molecule has 0 aliphatic heterocycles. The van der Waals surface area contributed by atoms with Crippen LogP contribution in [0, 0.1) is 0 Å². The van der Waals surface area contributed by atoms with Gasteiger partial charge in [-0.2, -0.15) is 0 Å². The summed E-state index contributed by atoms with van der Waals surface area (Å²) in [4.78, 5) is 0. The molecular weight excluding hydrogens is 232 g/mol. The predicted molar refractivity (Wildman–Crippen MR) is 82.7 cm³/mol. The second kappa shape index (κ2) is 4.54. The highest BCUT2D eigenvalue weighted by molar-refractivity contribution is 5.51. The lowest BCUT2D eigenvalue weighted by atomic mass is 9.75. The molecule has 0 atom stereocenters. The van der Waals surface area contributed by atoms with Gasteiger partial charge in [0.05, 0.1) is 0 Å². The topological polar surface area (TPSA) is 19.9 Å². The quantitative estimate of drug-likeness (QED) is 0.569. The summed E-state index contributed by atoms with van der Waals surface area (Å²) in [6.45, 7) is 19.3. The fourth-order valence-corrected chi connectivity index (χ4v) is 2.18. The highest BCUT2D eigenvalue weighted by atomic mass is 16.3. The van der Waals surface area contributed by atoms with Gasteiger partial charge in [0.15, 0.2) is 5.75 Å². The summed E-state index contributed by atoms with van der Waals surface area (Å²) in [5, 5.41) is 12.7. The van der Waals surface area contributed by atoms with Crippen molar-refractivity contribution in [2.24, 2.45) is 0 Å². The molecule has 1 aromatic rings. The molecule has 1 nitrogen and oxygen atoms in total. The summed E-state index contributed by atoms with van der Waals surface area (Å²) in [5.41, 5.74) is 2.96. The van der Waals surface area contributed by atoms with Gasteiger partial charge in [-0.25, -0.2) is 0 Å². The average molecular weight is 261 g/mol. The normalized spacial score (nSPS) is 13.7. The van der Waals surface area contributed by atoms with Crippen LogP contribution < -0.4 is 0 Å². The third-order valence-electron chi connectivity index (χ3n) is 3.57. The maximum Gasteiger partial charge on any atom is 0.186 e. The van der Waals surface area contributed by atoms with Crippen LogP contribution in [0.5, 0.6) is 5.75 Å². The molecule has 0 aromatic heterocycles. The highest BCUT2D eigenvalue weighted by Crippen LogP contribution is 2.42. The standard InChI is InChI=1S/C18H29O/c1-16(2,3)12-10-13(17(4,5)6)15(19)14(11-12)18(7,8)9/h10-11H,1-9H3. The van der Waals surface area contributed by atoms with Gasteiger partial charge in [-0.1, -0.05) is 74.4 Å². The number of rotatable bonds is 0. The summed E-state index contributed by atoms with van der Waals surface area (Å²) in [6, 6.07) is 4.22. The third-order valence-corrected chi connectivity index (χ3v) is 3.57. The fraction of sp³-hybridized carbons (Fsp3) is 0.667. The van der Waals surface area contributed by atoms with Crippen molar-refractivity contribution in [2.75, 3.05) is 0 Å². The molecule has 1 heteroatoms. The second-order valence-corrected chi connectivity index (χ2v) is 8.65. The van der Waals surface area contributed by atoms with Crippen LogP contribution in [0.4, 0.5) is 0 Å². The first-order valence-electron chi connectivity index (χ1n) is 7.11. The monoisotopic (exact) mass is 261 g/mol. The molecule has 0 fully saturated rings. The fourth-order valence-electron chi connectivity index (χ4n) is 2.18. The smallest absolute Gasteiger partial charge is 0.186 e. The molecule has 0 aliphatic rings. The van der Waals surface area contributed by atoms with Gasteiger partial charge in [-0.3, -0.25) is 5.11 Å². The highest BCUT2D eigenvalue weighted by Gasteiger charge is 2.29. The van der Waals surface area contributed by atoms with Crippen molar-refractivity contribution in [1.82, 2.24) is 0 Å². The summed E-state index contributed by atoms with van der Waals surface area (Å²) in [6.07, 6.45) is 0. The molecule has 107 valence electrons. The number of hydrogen-bond donors (Lipinski definition) is 0. The molecule has 0 spiro atoms. The van der Waals surface area contributed by atoms with Crippen molar-refractivity contribution in [3.05, 3.63) is 28.8 Å². The zero-order valence-corrected chi connectivity index (χ0v) is 14.1. The van der Waals surface area contributed by atoms with E-state index >= 15 is 0 Å². The molecule has 0 aliphatic carbocycles. The van der Waals surface area contributed by atoms with E-state index in [1.807, 2.05) is 0 Å². The Kier molecular flexibility index (Phi) is 3.84. The van der Waals surface area contributed by atoms with Crippen molar-refractivity contribution in [2.45, 2.75) is 78.6 Å². The van der Waals surface area contributed by atoms with Crippen molar-refractivity contribution in [3.63, 3.8) is 0 Å². The molecule has 0 saturated heterocycles. The summed E-state index contributed by atoms with van der Waals surface area (Å²) in [7, 11) is 0. The Morgan fingerprint density at radius 3 is 1.16 bits per heavy atom. The van der Waals surface area contributed by atoms with Crippen molar-refractivity contribution in [3.8, 4) is 5.75 Å². The molecule has 0 amide bonds. The van der Waals surface area contributed by atoms with E-state index in [0.717, 1.165) is 11.1 Å². The lowest BCUT2D eigenvalue weighted by Crippen LogP contribution is -2.20. The molecule has 0 N–H and O–H groups in total. The molecule has 19 heavy (non-hydrogen) atoms. The van der Waals surface area contributed by atoms with E-state index < -0.39 is 0 Å². The van der Waals surface area contributed by atoms with Gasteiger partial charge in [0, 0.05) is 11.1 Å². The van der Waals surface area contributed by atoms with Gasteiger partial charge in [-0.05, 0) is 21.8 Å². The lowest BCUT2D eigenvalue weighted by Gasteiger charge is -2.30. The van der Waals surface area contributed by atoms with Gasteiger partial charge in [0.1, 0.15) is 0 Å². The minimum Gasteiger partial charge on any atom is -0.289 e. The minimum absolute atomic E-state index is 0.0632. The Bertz CT molecular complexity index is 427. The van der Waals surface area contributed by atoms with E-state index in [1.54, 1.807) is 0 Å². The van der Waals surface area contributed by atoms with Crippen LogP contribution in [-0.2, 0) is 21.4 Å². The third kappa shape index (κ3) is 3.52. The Balaban J connectivity index is 3.68. The van der Waals surface area contributed by atoms with Gasteiger partial charge < -0.3 is 0 Å². The maximum atomic E-state index is 12.7. The largest absolute Gasteiger partial charge is 0.289 e. The second-order valence-electron chi connectivity index (χ2n) is 8.65. The first kappa shape index (κ1) is 16.1. The van der Waals surface area contributed by atoms with E-state index in [9.17, 15) is 5.11 Å². The zero-order valence-electron chi connectivity index (χ0n) is 14.1. The minimum atomic E-state index is -0.113. The van der Waals surface area contributed by atoms with E-state index in [0.29, 0.717) is 0 Å². The van der Waals surface area contributed by atoms with Crippen molar-refractivity contribution >= 4 is 0 Å². The van der Waals surface area contributed by atoms with Crippen LogP contribution in [0.2, 0.25) is 0 Å². The SMILES string of the molecule is CC(C)(C)c1cc(C(C)(C)C)c([O])c(C(C)(C)C)c1. The molecule has 0 unspecified atom stereocenters. The van der Waals surface area contributed by atoms with Crippen LogP contribution in [0.15, 0.2) is 12.1 Å². The Labute approximate surface area is 119 Å². The van der Waals surface area contributed by atoms with Gasteiger partial charge >= 0.3 is 0 Å². The van der Waals surface area contributed by atoms with Crippen LogP contribution in [0.3, 0.4) is 0 Å². The molecular formula is C18H29O. The van der Waals surface area contributed by atoms with Crippen LogP contribution in [-0.4, -0.2) is 0 Å². The number of hydrogen-bond acceptors (Lipinski definition) is 0.